The molecule has 2 N–H and O–H groups in total. The Bertz CT molecular complexity index is 650. The molecule has 3 aliphatic heterocycles. The van der Waals surface area contributed by atoms with E-state index in [1.165, 1.54) is 43.0 Å². The Kier molecular flexibility index (Phi) is 8.55. The molecule has 0 aromatic heterocycles. The Labute approximate surface area is 181 Å². The first-order valence-corrected chi connectivity index (χ1v) is 13.1. The van der Waals surface area contributed by atoms with Gasteiger partial charge >= 0.3 is 0 Å². The van der Waals surface area contributed by atoms with Gasteiger partial charge in [0, 0.05) is 39.1 Å². The molecule has 174 valence electrons. The van der Waals surface area contributed by atoms with Crippen molar-refractivity contribution < 1.29 is 23.2 Å². The van der Waals surface area contributed by atoms with E-state index in [9.17, 15) is 18.4 Å². The molecule has 0 radical (unpaired) electrons. The average molecular weight is 446 g/mol. The summed E-state index contributed by atoms with van der Waals surface area (Å²) in [5.74, 6) is 0.407. The number of carbonyl (C=O) groups is 1. The second kappa shape index (κ2) is 10.7. The van der Waals surface area contributed by atoms with Crippen LogP contribution in [0.4, 0.5) is 0 Å². The van der Waals surface area contributed by atoms with Gasteiger partial charge < -0.3 is 9.64 Å². The van der Waals surface area contributed by atoms with Crippen molar-refractivity contribution in [1.82, 2.24) is 14.7 Å². The highest BCUT2D eigenvalue weighted by Crippen LogP contribution is 2.38. The fraction of sp³-hybridized carbons (Fsp3) is 0.952. The highest BCUT2D eigenvalue weighted by atomic mass is 32.2. The molecule has 9 heteroatoms. The molecule has 0 aliphatic carbocycles. The maximum absolute atomic E-state index is 13.4. The van der Waals surface area contributed by atoms with Crippen LogP contribution in [0.2, 0.25) is 0 Å². The van der Waals surface area contributed by atoms with Crippen LogP contribution < -0.4 is 5.48 Å². The first-order chi connectivity index (χ1) is 14.4. The van der Waals surface area contributed by atoms with Gasteiger partial charge in [-0.05, 0) is 63.6 Å². The van der Waals surface area contributed by atoms with Gasteiger partial charge in [0.25, 0.3) is 5.91 Å². The number of unbranched alkanes of at least 4 members (excludes halogenated alkanes) is 2. The minimum absolute atomic E-state index is 0.0815. The summed E-state index contributed by atoms with van der Waals surface area (Å²) >= 11 is 0. The second-order valence-corrected chi connectivity index (χ2v) is 11.4. The smallest absolute Gasteiger partial charge is 0.266 e. The number of hydrogen-bond acceptors (Lipinski definition) is 6. The molecule has 0 aromatic carbocycles. The molecule has 0 bridgehead atoms. The lowest BCUT2D eigenvalue weighted by atomic mass is 9.79. The summed E-state index contributed by atoms with van der Waals surface area (Å²) in [5.41, 5.74) is 1.60. The van der Waals surface area contributed by atoms with Crippen molar-refractivity contribution in [3.8, 4) is 0 Å². The van der Waals surface area contributed by atoms with Crippen molar-refractivity contribution in [1.29, 1.82) is 0 Å². The van der Waals surface area contributed by atoms with Gasteiger partial charge in [-0.2, -0.15) is 0 Å². The lowest BCUT2D eigenvalue weighted by Crippen LogP contribution is -2.60. The summed E-state index contributed by atoms with van der Waals surface area (Å²) in [6.07, 6.45) is 8.12. The fourth-order valence-electron chi connectivity index (χ4n) is 5.47. The van der Waals surface area contributed by atoms with Gasteiger partial charge in [-0.25, -0.2) is 18.2 Å². The summed E-state index contributed by atoms with van der Waals surface area (Å²) in [7, 11) is -3.86. The molecule has 0 saturated carbocycles. The van der Waals surface area contributed by atoms with Gasteiger partial charge in [-0.1, -0.05) is 19.8 Å². The highest BCUT2D eigenvalue weighted by Gasteiger charge is 2.54. The predicted octanol–water partition coefficient (Wildman–Crippen LogP) is 1.99. The Hall–Kier alpha value is -0.740. The molecule has 3 rings (SSSR count). The monoisotopic (exact) mass is 445 g/mol. The fourth-order valence-corrected chi connectivity index (χ4v) is 7.62. The first kappa shape index (κ1) is 23.9. The normalized spacial score (nSPS) is 25.3. The molecule has 3 saturated heterocycles. The summed E-state index contributed by atoms with van der Waals surface area (Å²) in [5, 5.41) is 9.19. The maximum Gasteiger partial charge on any atom is 0.266 e. The molecular formula is C21H39N3O5S. The Morgan fingerprint density at radius 1 is 1.03 bits per heavy atom. The zero-order valence-electron chi connectivity index (χ0n) is 18.4. The lowest BCUT2D eigenvalue weighted by molar-refractivity contribution is -0.134. The van der Waals surface area contributed by atoms with Crippen molar-refractivity contribution in [2.24, 2.45) is 11.8 Å². The number of ether oxygens (including phenoxy) is 1. The molecule has 1 amide bonds. The molecular weight excluding hydrogens is 406 g/mol. The molecule has 0 unspecified atom stereocenters. The van der Waals surface area contributed by atoms with Crippen LogP contribution in [0.1, 0.15) is 64.7 Å². The van der Waals surface area contributed by atoms with Gasteiger partial charge in [0.2, 0.25) is 10.0 Å². The molecule has 0 spiro atoms. The predicted molar refractivity (Wildman–Crippen MR) is 115 cm³/mol. The lowest BCUT2D eigenvalue weighted by Gasteiger charge is -2.43. The number of hydroxylamine groups is 1. The largest absolute Gasteiger partial charge is 0.381 e. The van der Waals surface area contributed by atoms with Crippen LogP contribution in [0.5, 0.6) is 0 Å². The van der Waals surface area contributed by atoms with Crippen molar-refractivity contribution >= 4 is 15.9 Å². The zero-order valence-corrected chi connectivity index (χ0v) is 19.2. The minimum Gasteiger partial charge on any atom is -0.381 e. The zero-order chi connectivity index (χ0) is 21.6. The van der Waals surface area contributed by atoms with E-state index in [1.807, 2.05) is 0 Å². The number of nitrogens with one attached hydrogen (secondary N) is 1. The third-order valence-electron chi connectivity index (χ3n) is 7.52. The van der Waals surface area contributed by atoms with E-state index in [4.69, 9.17) is 4.74 Å². The van der Waals surface area contributed by atoms with E-state index in [-0.39, 0.29) is 26.1 Å². The van der Waals surface area contributed by atoms with E-state index in [0.29, 0.717) is 24.9 Å². The summed E-state index contributed by atoms with van der Waals surface area (Å²) in [6, 6.07) is 0. The minimum atomic E-state index is -3.86. The number of sulfonamides is 1. The Balaban J connectivity index is 1.54. The standard InChI is InChI=1S/C21H39N3O5S/c1-2-3-4-11-23-12-5-18(6-13-23)19-7-14-24(15-8-19)30(27,28)21(20(25)22-26)9-16-29-17-10-21/h18-19,26H,2-17H2,1H3,(H,22,25). The maximum atomic E-state index is 13.4. The van der Waals surface area contributed by atoms with Crippen LogP contribution in [0.3, 0.4) is 0 Å². The molecule has 30 heavy (non-hydrogen) atoms. The van der Waals surface area contributed by atoms with Gasteiger partial charge in [0.05, 0.1) is 0 Å². The van der Waals surface area contributed by atoms with Crippen LogP contribution >= 0.6 is 0 Å². The van der Waals surface area contributed by atoms with Gasteiger partial charge in [-0.15, -0.1) is 0 Å². The number of carbonyl (C=O) groups excluding carboxylic acids is 1. The second-order valence-electron chi connectivity index (χ2n) is 9.18. The van der Waals surface area contributed by atoms with E-state index < -0.39 is 20.7 Å². The van der Waals surface area contributed by atoms with Crippen molar-refractivity contribution in [2.45, 2.75) is 69.5 Å². The van der Waals surface area contributed by atoms with E-state index in [2.05, 4.69) is 11.8 Å². The third kappa shape index (κ3) is 5.01. The Morgan fingerprint density at radius 2 is 1.60 bits per heavy atom. The van der Waals surface area contributed by atoms with Gasteiger partial charge in [0.15, 0.2) is 4.75 Å². The van der Waals surface area contributed by atoms with Crippen LogP contribution in [0, 0.1) is 11.8 Å². The third-order valence-corrected chi connectivity index (χ3v) is 10.2. The average Bonchev–Trinajstić information content (AvgIpc) is 2.79. The number of rotatable bonds is 8. The molecule has 8 nitrogen and oxygen atoms in total. The highest BCUT2D eigenvalue weighted by molar-refractivity contribution is 7.91. The van der Waals surface area contributed by atoms with Crippen LogP contribution in [-0.2, 0) is 19.6 Å². The molecule has 0 aromatic rings. The number of likely N-dealkylation sites (tertiary alicyclic amines) is 1. The summed E-state index contributed by atoms with van der Waals surface area (Å²) in [6.45, 7) is 7.10. The number of piperidine rings is 2. The van der Waals surface area contributed by atoms with Crippen LogP contribution in [0.25, 0.3) is 0 Å². The SMILES string of the molecule is CCCCCN1CCC(C2CCN(S(=O)(=O)C3(C(=O)NO)CCOCC3)CC2)CC1. The number of hydrogen-bond donors (Lipinski definition) is 2. The van der Waals surface area contributed by atoms with E-state index in [0.717, 1.165) is 25.9 Å². The molecule has 3 heterocycles. The number of amides is 1. The van der Waals surface area contributed by atoms with E-state index >= 15 is 0 Å². The quantitative estimate of drug-likeness (QED) is 0.337. The van der Waals surface area contributed by atoms with Gasteiger partial charge in [-0.3, -0.25) is 10.0 Å². The van der Waals surface area contributed by atoms with Crippen molar-refractivity contribution in [3.63, 3.8) is 0 Å². The van der Waals surface area contributed by atoms with Crippen molar-refractivity contribution in [2.75, 3.05) is 45.9 Å². The Morgan fingerprint density at radius 3 is 2.13 bits per heavy atom. The van der Waals surface area contributed by atoms with Crippen LogP contribution in [-0.4, -0.2) is 79.4 Å². The van der Waals surface area contributed by atoms with Crippen LogP contribution in [0.15, 0.2) is 0 Å². The summed E-state index contributed by atoms with van der Waals surface area (Å²) < 4.78 is 32.0. The van der Waals surface area contributed by atoms with Gasteiger partial charge in [0.1, 0.15) is 0 Å². The van der Waals surface area contributed by atoms with Crippen molar-refractivity contribution in [3.05, 3.63) is 0 Å². The topological polar surface area (TPSA) is 99.2 Å². The van der Waals surface area contributed by atoms with E-state index in [1.54, 1.807) is 5.48 Å². The summed E-state index contributed by atoms with van der Waals surface area (Å²) in [4.78, 5) is 15.0. The molecule has 3 fully saturated rings. The molecule has 3 aliphatic rings. The number of nitrogens with zero attached hydrogens (tertiary/aromatic N) is 2. The first-order valence-electron chi connectivity index (χ1n) is 11.7. The molecule has 0 atom stereocenters.